The maximum Gasteiger partial charge on any atom is 0.315 e. The van der Waals surface area contributed by atoms with E-state index in [2.05, 4.69) is 46.8 Å². The predicted molar refractivity (Wildman–Crippen MR) is 86.6 cm³/mol. The summed E-state index contributed by atoms with van der Waals surface area (Å²) in [7, 11) is 0. The third-order valence-corrected chi connectivity index (χ3v) is 3.82. The van der Waals surface area contributed by atoms with Crippen LogP contribution < -0.4 is 10.6 Å². The van der Waals surface area contributed by atoms with Gasteiger partial charge in [0.25, 0.3) is 0 Å². The molecular weight excluding hydrogens is 274 g/mol. The van der Waals surface area contributed by atoms with Crippen LogP contribution in [0.2, 0.25) is 0 Å². The van der Waals surface area contributed by atoms with Crippen LogP contribution in [0.25, 0.3) is 0 Å². The Hall–Kier alpha value is -2.36. The Morgan fingerprint density at radius 1 is 1.23 bits per heavy atom. The number of hydrogen-bond donors (Lipinski definition) is 2. The monoisotopic (exact) mass is 295 g/mol. The first-order valence-electron chi connectivity index (χ1n) is 7.74. The number of carbonyl (C=O) groups is 1. The van der Waals surface area contributed by atoms with Crippen LogP contribution in [0, 0.1) is 6.92 Å². The van der Waals surface area contributed by atoms with Crippen LogP contribution >= 0.6 is 0 Å². The second kappa shape index (κ2) is 6.60. The van der Waals surface area contributed by atoms with E-state index < -0.39 is 0 Å². The van der Waals surface area contributed by atoms with Crippen LogP contribution in [0.1, 0.15) is 35.7 Å². The van der Waals surface area contributed by atoms with E-state index in [0.717, 1.165) is 25.0 Å². The van der Waals surface area contributed by atoms with Gasteiger partial charge in [-0.3, -0.25) is 4.98 Å². The Kier molecular flexibility index (Phi) is 4.37. The first-order chi connectivity index (χ1) is 10.7. The molecule has 1 aliphatic carbocycles. The molecule has 1 aromatic heterocycles. The van der Waals surface area contributed by atoms with Gasteiger partial charge in [0, 0.05) is 12.2 Å². The molecule has 1 aliphatic rings. The highest BCUT2D eigenvalue weighted by Gasteiger charge is 2.25. The second-order valence-corrected chi connectivity index (χ2v) is 5.89. The van der Waals surface area contributed by atoms with Crippen molar-refractivity contribution in [1.29, 1.82) is 0 Å². The maximum atomic E-state index is 12.1. The third kappa shape index (κ3) is 4.07. The van der Waals surface area contributed by atoms with Crippen LogP contribution in [0.5, 0.6) is 0 Å². The summed E-state index contributed by atoms with van der Waals surface area (Å²) in [5.41, 5.74) is 3.31. The van der Waals surface area contributed by atoms with Crippen molar-refractivity contribution in [2.45, 2.75) is 38.3 Å². The number of aryl methyl sites for hydroxylation is 1. The SMILES string of the molecule is Cc1ccc(CC(NC(=O)NC2CC2)c2ccccn2)cc1. The molecule has 2 amide bonds. The molecule has 1 heterocycles. The molecule has 2 aromatic rings. The van der Waals surface area contributed by atoms with Gasteiger partial charge in [0.15, 0.2) is 0 Å². The van der Waals surface area contributed by atoms with Gasteiger partial charge in [0.05, 0.1) is 11.7 Å². The van der Waals surface area contributed by atoms with Crippen LogP contribution in [-0.4, -0.2) is 17.1 Å². The molecule has 1 saturated carbocycles. The summed E-state index contributed by atoms with van der Waals surface area (Å²) in [5.74, 6) is 0. The summed E-state index contributed by atoms with van der Waals surface area (Å²) in [4.78, 5) is 16.5. The van der Waals surface area contributed by atoms with Gasteiger partial charge in [0.1, 0.15) is 0 Å². The number of benzene rings is 1. The summed E-state index contributed by atoms with van der Waals surface area (Å²) < 4.78 is 0. The normalized spacial score (nSPS) is 15.1. The summed E-state index contributed by atoms with van der Waals surface area (Å²) in [6.45, 7) is 2.07. The molecule has 3 rings (SSSR count). The fourth-order valence-electron chi connectivity index (χ4n) is 2.38. The lowest BCUT2D eigenvalue weighted by atomic mass is 10.0. The summed E-state index contributed by atoms with van der Waals surface area (Å²) >= 11 is 0. The smallest absolute Gasteiger partial charge is 0.315 e. The van der Waals surface area contributed by atoms with E-state index in [1.54, 1.807) is 6.20 Å². The largest absolute Gasteiger partial charge is 0.335 e. The highest BCUT2D eigenvalue weighted by Crippen LogP contribution is 2.20. The highest BCUT2D eigenvalue weighted by molar-refractivity contribution is 5.75. The first-order valence-corrected chi connectivity index (χ1v) is 7.74. The van der Waals surface area contributed by atoms with Gasteiger partial charge in [-0.15, -0.1) is 0 Å². The van der Waals surface area contributed by atoms with E-state index in [0.29, 0.717) is 6.04 Å². The zero-order chi connectivity index (χ0) is 15.4. The van der Waals surface area contributed by atoms with Gasteiger partial charge in [-0.05, 0) is 43.9 Å². The van der Waals surface area contributed by atoms with Crippen LogP contribution in [0.3, 0.4) is 0 Å². The molecule has 0 aliphatic heterocycles. The fraction of sp³-hybridized carbons (Fsp3) is 0.333. The van der Waals surface area contributed by atoms with E-state index in [-0.39, 0.29) is 12.1 Å². The molecule has 1 fully saturated rings. The molecule has 1 unspecified atom stereocenters. The van der Waals surface area contributed by atoms with Gasteiger partial charge >= 0.3 is 6.03 Å². The minimum atomic E-state index is -0.123. The lowest BCUT2D eigenvalue weighted by molar-refractivity contribution is 0.236. The molecule has 0 bridgehead atoms. The number of nitrogens with one attached hydrogen (secondary N) is 2. The van der Waals surface area contributed by atoms with E-state index in [1.807, 2.05) is 18.2 Å². The number of urea groups is 1. The van der Waals surface area contributed by atoms with Crippen molar-refractivity contribution < 1.29 is 4.79 Å². The molecule has 4 heteroatoms. The number of carbonyl (C=O) groups excluding carboxylic acids is 1. The molecule has 0 radical (unpaired) electrons. The van der Waals surface area contributed by atoms with Gasteiger partial charge in [-0.2, -0.15) is 0 Å². The average molecular weight is 295 g/mol. The van der Waals surface area contributed by atoms with E-state index >= 15 is 0 Å². The minimum Gasteiger partial charge on any atom is -0.335 e. The van der Waals surface area contributed by atoms with Crippen LogP contribution in [0.15, 0.2) is 48.7 Å². The van der Waals surface area contributed by atoms with Crippen molar-refractivity contribution >= 4 is 6.03 Å². The van der Waals surface area contributed by atoms with Gasteiger partial charge < -0.3 is 10.6 Å². The topological polar surface area (TPSA) is 54.0 Å². The minimum absolute atomic E-state index is 0.106. The Balaban J connectivity index is 1.73. The zero-order valence-corrected chi connectivity index (χ0v) is 12.8. The summed E-state index contributed by atoms with van der Waals surface area (Å²) in [6.07, 6.45) is 4.66. The summed E-state index contributed by atoms with van der Waals surface area (Å²) in [5, 5.41) is 6.03. The number of aromatic nitrogens is 1. The van der Waals surface area contributed by atoms with E-state index in [4.69, 9.17) is 0 Å². The van der Waals surface area contributed by atoms with Crippen molar-refractivity contribution in [2.75, 3.05) is 0 Å². The van der Waals surface area contributed by atoms with Crippen LogP contribution in [0.4, 0.5) is 4.79 Å². The number of amides is 2. The Morgan fingerprint density at radius 3 is 2.64 bits per heavy atom. The van der Waals surface area contributed by atoms with E-state index in [1.165, 1.54) is 11.1 Å². The maximum absolute atomic E-state index is 12.1. The van der Waals surface area contributed by atoms with Gasteiger partial charge in [-0.1, -0.05) is 35.9 Å². The first kappa shape index (κ1) is 14.6. The Bertz CT molecular complexity index is 621. The Morgan fingerprint density at radius 2 is 2.00 bits per heavy atom. The van der Waals surface area contributed by atoms with Gasteiger partial charge in [0.2, 0.25) is 0 Å². The number of hydrogen-bond acceptors (Lipinski definition) is 2. The molecule has 22 heavy (non-hydrogen) atoms. The highest BCUT2D eigenvalue weighted by atomic mass is 16.2. The van der Waals surface area contributed by atoms with Crippen molar-refractivity contribution in [3.05, 3.63) is 65.5 Å². The molecule has 1 atom stereocenters. The molecular formula is C18H21N3O. The average Bonchev–Trinajstić information content (AvgIpc) is 3.33. The molecule has 2 N–H and O–H groups in total. The fourth-order valence-corrected chi connectivity index (χ4v) is 2.38. The van der Waals surface area contributed by atoms with Crippen molar-refractivity contribution in [3.8, 4) is 0 Å². The van der Waals surface area contributed by atoms with Crippen molar-refractivity contribution in [2.24, 2.45) is 0 Å². The molecule has 4 nitrogen and oxygen atoms in total. The number of nitrogens with zero attached hydrogens (tertiary/aromatic N) is 1. The standard InChI is InChI=1S/C18H21N3O/c1-13-5-7-14(8-6-13)12-17(16-4-2-3-11-19-16)21-18(22)20-15-9-10-15/h2-8,11,15,17H,9-10,12H2,1H3,(H2,20,21,22). The molecule has 0 saturated heterocycles. The van der Waals surface area contributed by atoms with Crippen molar-refractivity contribution in [1.82, 2.24) is 15.6 Å². The second-order valence-electron chi connectivity index (χ2n) is 5.89. The van der Waals surface area contributed by atoms with Gasteiger partial charge in [-0.25, -0.2) is 4.79 Å². The Labute approximate surface area is 131 Å². The molecule has 1 aromatic carbocycles. The molecule has 0 spiro atoms. The number of pyridine rings is 1. The zero-order valence-electron chi connectivity index (χ0n) is 12.8. The lowest BCUT2D eigenvalue weighted by Gasteiger charge is -2.19. The van der Waals surface area contributed by atoms with Crippen molar-refractivity contribution in [3.63, 3.8) is 0 Å². The third-order valence-electron chi connectivity index (χ3n) is 3.82. The van der Waals surface area contributed by atoms with Crippen LogP contribution in [-0.2, 0) is 6.42 Å². The number of rotatable bonds is 5. The molecule has 114 valence electrons. The predicted octanol–water partition coefficient (Wildman–Crippen LogP) is 3.14. The quantitative estimate of drug-likeness (QED) is 0.890. The lowest BCUT2D eigenvalue weighted by Crippen LogP contribution is -2.40. The summed E-state index contributed by atoms with van der Waals surface area (Å²) in [6, 6.07) is 14.3. The van der Waals surface area contributed by atoms with E-state index in [9.17, 15) is 4.79 Å².